The third-order valence-corrected chi connectivity index (χ3v) is 3.15. The molecule has 25 heavy (non-hydrogen) atoms. The van der Waals surface area contributed by atoms with E-state index in [1.165, 1.54) is 12.1 Å². The number of hydrogen-bond acceptors (Lipinski definition) is 4. The van der Waals surface area contributed by atoms with Crippen LogP contribution in [0.25, 0.3) is 0 Å². The van der Waals surface area contributed by atoms with Crippen molar-refractivity contribution in [3.05, 3.63) is 59.9 Å². The highest BCUT2D eigenvalue weighted by molar-refractivity contribution is 6.00. The van der Waals surface area contributed by atoms with Gasteiger partial charge in [0.1, 0.15) is 6.61 Å². The molecule has 6 nitrogen and oxygen atoms in total. The summed E-state index contributed by atoms with van der Waals surface area (Å²) in [5.41, 5.74) is 0.607. The Labute approximate surface area is 144 Å². The Kier molecular flexibility index (Phi) is 6.76. The molecule has 2 aromatic rings. The zero-order chi connectivity index (χ0) is 18.1. The molecule has 0 fully saturated rings. The van der Waals surface area contributed by atoms with Crippen LogP contribution < -0.4 is 15.4 Å². The van der Waals surface area contributed by atoms with Gasteiger partial charge in [0.25, 0.3) is 0 Å². The number of benzene rings is 2. The number of hydrogen-bond donors (Lipinski definition) is 2. The minimum Gasteiger partial charge on any atom is -0.489 e. The van der Waals surface area contributed by atoms with Crippen LogP contribution in [0.1, 0.15) is 17.3 Å². The zero-order valence-corrected chi connectivity index (χ0v) is 13.8. The van der Waals surface area contributed by atoms with E-state index in [-0.39, 0.29) is 31.1 Å². The molecule has 2 aromatic carbocycles. The second-order valence-electron chi connectivity index (χ2n) is 4.93. The van der Waals surface area contributed by atoms with Gasteiger partial charge in [-0.1, -0.05) is 24.3 Å². The Morgan fingerprint density at radius 3 is 2.56 bits per heavy atom. The number of rotatable bonds is 7. The van der Waals surface area contributed by atoms with Crippen molar-refractivity contribution in [2.45, 2.75) is 6.92 Å². The lowest BCUT2D eigenvalue weighted by molar-refractivity contribution is 0.0527. The Hall–Kier alpha value is -3.09. The van der Waals surface area contributed by atoms with Crippen LogP contribution >= 0.6 is 0 Å². The van der Waals surface area contributed by atoms with Crippen LogP contribution in [0.3, 0.4) is 0 Å². The van der Waals surface area contributed by atoms with E-state index < -0.39 is 17.8 Å². The first kappa shape index (κ1) is 18.3. The number of carbonyl (C=O) groups excluding carboxylic acids is 2. The van der Waals surface area contributed by atoms with Gasteiger partial charge in [-0.05, 0) is 31.2 Å². The lowest BCUT2D eigenvalue weighted by Crippen LogP contribution is -2.32. The summed E-state index contributed by atoms with van der Waals surface area (Å²) in [4.78, 5) is 23.8. The molecule has 2 amide bonds. The molecule has 0 aliphatic carbocycles. The summed E-state index contributed by atoms with van der Waals surface area (Å²) in [5.74, 6) is -0.853. The van der Waals surface area contributed by atoms with E-state index in [2.05, 4.69) is 10.6 Å². The molecule has 0 bridgehead atoms. The molecule has 0 aliphatic rings. The van der Waals surface area contributed by atoms with Crippen molar-refractivity contribution < 1.29 is 23.5 Å². The topological polar surface area (TPSA) is 76.7 Å². The van der Waals surface area contributed by atoms with Crippen molar-refractivity contribution >= 4 is 17.7 Å². The second-order valence-corrected chi connectivity index (χ2v) is 4.93. The van der Waals surface area contributed by atoms with Crippen molar-refractivity contribution in [2.24, 2.45) is 0 Å². The smallest absolute Gasteiger partial charge is 0.340 e. The Bertz CT molecular complexity index is 737. The highest BCUT2D eigenvalue weighted by atomic mass is 19.1. The summed E-state index contributed by atoms with van der Waals surface area (Å²) in [5, 5.41) is 5.15. The maximum absolute atomic E-state index is 13.4. The van der Waals surface area contributed by atoms with Crippen LogP contribution in [0.5, 0.6) is 5.75 Å². The number of halogens is 1. The van der Waals surface area contributed by atoms with Gasteiger partial charge in [0.05, 0.1) is 24.4 Å². The predicted molar refractivity (Wildman–Crippen MR) is 91.3 cm³/mol. The van der Waals surface area contributed by atoms with Gasteiger partial charge in [-0.25, -0.2) is 14.0 Å². The number of urea groups is 1. The molecule has 0 aliphatic heterocycles. The van der Waals surface area contributed by atoms with E-state index in [1.54, 1.807) is 43.3 Å². The van der Waals surface area contributed by atoms with Crippen LogP contribution in [0, 0.1) is 5.82 Å². The molecule has 0 heterocycles. The minimum atomic E-state index is -0.513. The van der Waals surface area contributed by atoms with Gasteiger partial charge in [-0.2, -0.15) is 0 Å². The first-order valence-corrected chi connectivity index (χ1v) is 7.80. The van der Waals surface area contributed by atoms with E-state index in [4.69, 9.17) is 9.47 Å². The summed E-state index contributed by atoms with van der Waals surface area (Å²) in [7, 11) is 0. The van der Waals surface area contributed by atoms with Crippen LogP contribution in [0.2, 0.25) is 0 Å². The Morgan fingerprint density at radius 1 is 1.08 bits per heavy atom. The summed E-state index contributed by atoms with van der Waals surface area (Å²) < 4.78 is 23.6. The molecule has 132 valence electrons. The third-order valence-electron chi connectivity index (χ3n) is 3.15. The lowest BCUT2D eigenvalue weighted by atomic mass is 10.2. The average Bonchev–Trinajstić information content (AvgIpc) is 2.61. The van der Waals surface area contributed by atoms with Crippen LogP contribution in [0.4, 0.5) is 14.9 Å². The third kappa shape index (κ3) is 5.49. The van der Waals surface area contributed by atoms with Crippen molar-refractivity contribution in [2.75, 3.05) is 25.1 Å². The summed E-state index contributed by atoms with van der Waals surface area (Å²) >= 11 is 0. The Balaban J connectivity index is 1.83. The largest absolute Gasteiger partial charge is 0.489 e. The fourth-order valence-corrected chi connectivity index (χ4v) is 2.03. The van der Waals surface area contributed by atoms with E-state index in [9.17, 15) is 14.0 Å². The highest BCUT2D eigenvalue weighted by Gasteiger charge is 2.13. The number of nitrogens with one attached hydrogen (secondary N) is 2. The second kappa shape index (κ2) is 9.27. The molecule has 0 saturated heterocycles. The van der Waals surface area contributed by atoms with E-state index in [0.717, 1.165) is 0 Å². The molecule has 0 unspecified atom stereocenters. The lowest BCUT2D eigenvalue weighted by Gasteiger charge is -2.12. The number of carbonyl (C=O) groups is 2. The molecule has 0 aromatic heterocycles. The number of ether oxygens (including phenoxy) is 2. The standard InChI is InChI=1S/C18H19FN2O4/c1-2-24-17(22)13-7-3-5-9-15(13)21-18(23)20-11-12-25-16-10-6-4-8-14(16)19/h3-10H,2,11-12H2,1H3,(H2,20,21,23). The fourth-order valence-electron chi connectivity index (χ4n) is 2.03. The van der Waals surface area contributed by atoms with Crippen LogP contribution in [-0.4, -0.2) is 31.8 Å². The first-order chi connectivity index (χ1) is 12.1. The fraction of sp³-hybridized carbons (Fsp3) is 0.222. The number of amides is 2. The van der Waals surface area contributed by atoms with Crippen molar-refractivity contribution in [1.82, 2.24) is 5.32 Å². The number of para-hydroxylation sites is 2. The van der Waals surface area contributed by atoms with Gasteiger partial charge >= 0.3 is 12.0 Å². The summed E-state index contributed by atoms with van der Waals surface area (Å²) in [6.45, 7) is 2.22. The summed E-state index contributed by atoms with van der Waals surface area (Å²) in [6, 6.07) is 12.1. The Morgan fingerprint density at radius 2 is 1.80 bits per heavy atom. The molecule has 2 N–H and O–H groups in total. The maximum atomic E-state index is 13.4. The van der Waals surface area contributed by atoms with Crippen molar-refractivity contribution in [3.8, 4) is 5.75 Å². The predicted octanol–water partition coefficient (Wildman–Crippen LogP) is 3.20. The van der Waals surface area contributed by atoms with Gasteiger partial charge in [-0.3, -0.25) is 0 Å². The quantitative estimate of drug-likeness (QED) is 0.596. The van der Waals surface area contributed by atoms with Crippen LogP contribution in [0.15, 0.2) is 48.5 Å². The SMILES string of the molecule is CCOC(=O)c1ccccc1NC(=O)NCCOc1ccccc1F. The van der Waals surface area contributed by atoms with E-state index in [0.29, 0.717) is 5.69 Å². The zero-order valence-electron chi connectivity index (χ0n) is 13.8. The molecule has 0 radical (unpaired) electrons. The van der Waals surface area contributed by atoms with Crippen molar-refractivity contribution in [3.63, 3.8) is 0 Å². The van der Waals surface area contributed by atoms with E-state index >= 15 is 0 Å². The highest BCUT2D eigenvalue weighted by Crippen LogP contribution is 2.16. The number of anilines is 1. The molecule has 0 atom stereocenters. The van der Waals surface area contributed by atoms with Gasteiger partial charge < -0.3 is 20.1 Å². The molecule has 7 heteroatoms. The van der Waals surface area contributed by atoms with E-state index in [1.807, 2.05) is 0 Å². The molecule has 0 spiro atoms. The van der Waals surface area contributed by atoms with Crippen molar-refractivity contribution in [1.29, 1.82) is 0 Å². The molecule has 2 rings (SSSR count). The summed E-state index contributed by atoms with van der Waals surface area (Å²) in [6.07, 6.45) is 0. The molecular formula is C18H19FN2O4. The minimum absolute atomic E-state index is 0.105. The monoisotopic (exact) mass is 346 g/mol. The maximum Gasteiger partial charge on any atom is 0.340 e. The molecule has 0 saturated carbocycles. The van der Waals surface area contributed by atoms with Gasteiger partial charge in [0, 0.05) is 0 Å². The molecular weight excluding hydrogens is 327 g/mol. The van der Waals surface area contributed by atoms with Gasteiger partial charge in [0.2, 0.25) is 0 Å². The first-order valence-electron chi connectivity index (χ1n) is 7.80. The number of esters is 1. The van der Waals surface area contributed by atoms with Crippen LogP contribution in [-0.2, 0) is 4.74 Å². The average molecular weight is 346 g/mol. The van der Waals surface area contributed by atoms with Gasteiger partial charge in [-0.15, -0.1) is 0 Å². The normalized spacial score (nSPS) is 10.0. The van der Waals surface area contributed by atoms with Gasteiger partial charge in [0.15, 0.2) is 11.6 Å².